The van der Waals surface area contributed by atoms with Crippen LogP contribution in [0.1, 0.15) is 18.4 Å². The predicted molar refractivity (Wildman–Crippen MR) is 108 cm³/mol. The minimum atomic E-state index is 0.0486. The summed E-state index contributed by atoms with van der Waals surface area (Å²) in [6.45, 7) is 2.69. The molecule has 130 valence electrons. The second kappa shape index (κ2) is 8.83. The van der Waals surface area contributed by atoms with E-state index in [2.05, 4.69) is 49.7 Å². The smallest absolute Gasteiger partial charge is 0.191 e. The van der Waals surface area contributed by atoms with Gasteiger partial charge in [0.2, 0.25) is 0 Å². The molecule has 5 heteroatoms. The average Bonchev–Trinajstić information content (AvgIpc) is 2.61. The third-order valence-electron chi connectivity index (χ3n) is 4.05. The van der Waals surface area contributed by atoms with Crippen LogP contribution in [0, 0.1) is 0 Å². The second-order valence-electron chi connectivity index (χ2n) is 6.03. The van der Waals surface area contributed by atoms with Crippen LogP contribution in [0.4, 0.5) is 5.82 Å². The number of rotatable bonds is 8. The van der Waals surface area contributed by atoms with E-state index in [0.29, 0.717) is 0 Å². The number of aromatic nitrogens is 1. The Balaban J connectivity index is 1.38. The molecule has 0 saturated heterocycles. The maximum atomic E-state index is 12.1. The van der Waals surface area contributed by atoms with E-state index in [9.17, 15) is 4.79 Å². The van der Waals surface area contributed by atoms with Crippen LogP contribution in [-0.2, 0) is 6.54 Å². The molecule has 1 aromatic heterocycles. The first-order chi connectivity index (χ1) is 12.2. The Bertz CT molecular complexity index is 891. The van der Waals surface area contributed by atoms with Crippen LogP contribution in [0.15, 0.2) is 63.9 Å². The largest absolute Gasteiger partial charge is 0.372 e. The lowest BCUT2D eigenvalue weighted by atomic mass is 10.2. The normalized spacial score (nSPS) is 10.9. The molecule has 4 nitrogen and oxygen atoms in total. The van der Waals surface area contributed by atoms with Gasteiger partial charge in [0.05, 0.1) is 5.52 Å². The van der Waals surface area contributed by atoms with Gasteiger partial charge in [0.25, 0.3) is 0 Å². The average molecular weight is 400 g/mol. The molecule has 3 N–H and O–H groups in total. The first-order valence-corrected chi connectivity index (χ1v) is 9.33. The molecule has 0 saturated carbocycles. The summed E-state index contributed by atoms with van der Waals surface area (Å²) >= 11 is 3.49. The highest BCUT2D eigenvalue weighted by molar-refractivity contribution is 9.10. The highest BCUT2D eigenvalue weighted by Gasteiger charge is 2.00. The van der Waals surface area contributed by atoms with Crippen molar-refractivity contribution in [1.82, 2.24) is 10.3 Å². The number of benzene rings is 2. The Hall–Kier alpha value is -2.11. The van der Waals surface area contributed by atoms with Gasteiger partial charge in [0.15, 0.2) is 5.43 Å². The molecule has 25 heavy (non-hydrogen) atoms. The number of hydrogen-bond acceptors (Lipinski definition) is 3. The molecule has 0 aliphatic carbocycles. The lowest BCUT2D eigenvalue weighted by molar-refractivity contribution is 0.632. The minimum Gasteiger partial charge on any atom is -0.372 e. The van der Waals surface area contributed by atoms with Crippen molar-refractivity contribution in [2.75, 3.05) is 18.4 Å². The molecule has 0 bridgehead atoms. The minimum absolute atomic E-state index is 0.0486. The Kier molecular flexibility index (Phi) is 6.25. The van der Waals surface area contributed by atoms with Crippen LogP contribution in [0.5, 0.6) is 0 Å². The number of pyridine rings is 1. The molecule has 0 aliphatic heterocycles. The summed E-state index contributed by atoms with van der Waals surface area (Å²) in [5, 5.41) is 7.49. The SMILES string of the molecule is O=c1cc(NCCCCNCc2cccc(Br)c2)[nH]c2ccccc12. The highest BCUT2D eigenvalue weighted by Crippen LogP contribution is 2.12. The van der Waals surface area contributed by atoms with Gasteiger partial charge in [-0.25, -0.2) is 0 Å². The number of aromatic amines is 1. The van der Waals surface area contributed by atoms with Crippen molar-refractivity contribution in [3.05, 3.63) is 74.9 Å². The van der Waals surface area contributed by atoms with Gasteiger partial charge in [-0.3, -0.25) is 4.79 Å². The van der Waals surface area contributed by atoms with Gasteiger partial charge in [0.1, 0.15) is 5.82 Å². The van der Waals surface area contributed by atoms with Crippen LogP contribution in [0.2, 0.25) is 0 Å². The zero-order valence-electron chi connectivity index (χ0n) is 14.0. The molecule has 2 aromatic carbocycles. The molecule has 0 radical (unpaired) electrons. The van der Waals surface area contributed by atoms with Crippen molar-refractivity contribution in [1.29, 1.82) is 0 Å². The molecule has 0 unspecified atom stereocenters. The van der Waals surface area contributed by atoms with Gasteiger partial charge in [-0.1, -0.05) is 40.2 Å². The van der Waals surface area contributed by atoms with E-state index in [1.165, 1.54) is 5.56 Å². The summed E-state index contributed by atoms with van der Waals surface area (Å²) in [5.41, 5.74) is 2.20. The summed E-state index contributed by atoms with van der Waals surface area (Å²) in [6.07, 6.45) is 2.12. The number of fused-ring (bicyclic) bond motifs is 1. The van der Waals surface area contributed by atoms with Gasteiger partial charge >= 0.3 is 0 Å². The standard InChI is InChI=1S/C20H22BrN3O/c21-16-7-5-6-15(12-16)14-22-10-3-4-11-23-20-13-19(25)17-8-1-2-9-18(17)24-20/h1-2,5-9,12-13,22H,3-4,10-11,14H2,(H2,23,24,25). The molecule has 0 amide bonds. The summed E-state index contributed by atoms with van der Waals surface area (Å²) in [4.78, 5) is 15.3. The van der Waals surface area contributed by atoms with Gasteiger partial charge in [-0.05, 0) is 49.2 Å². The predicted octanol–water partition coefficient (Wildman–Crippen LogP) is 4.27. The van der Waals surface area contributed by atoms with Crippen molar-refractivity contribution in [2.45, 2.75) is 19.4 Å². The van der Waals surface area contributed by atoms with E-state index in [1.807, 2.05) is 30.3 Å². The lowest BCUT2D eigenvalue weighted by Gasteiger charge is -2.08. The fourth-order valence-electron chi connectivity index (χ4n) is 2.77. The first-order valence-electron chi connectivity index (χ1n) is 8.53. The maximum Gasteiger partial charge on any atom is 0.191 e. The maximum absolute atomic E-state index is 12.1. The van der Waals surface area contributed by atoms with E-state index in [0.717, 1.165) is 53.7 Å². The first kappa shape index (κ1) is 17.7. The van der Waals surface area contributed by atoms with E-state index >= 15 is 0 Å². The van der Waals surface area contributed by atoms with E-state index in [-0.39, 0.29) is 5.43 Å². The quantitative estimate of drug-likeness (QED) is 0.495. The second-order valence-corrected chi connectivity index (χ2v) is 6.95. The van der Waals surface area contributed by atoms with Crippen LogP contribution < -0.4 is 16.1 Å². The molecular weight excluding hydrogens is 378 g/mol. The van der Waals surface area contributed by atoms with E-state index < -0.39 is 0 Å². The monoisotopic (exact) mass is 399 g/mol. The summed E-state index contributed by atoms with van der Waals surface area (Å²) in [7, 11) is 0. The van der Waals surface area contributed by atoms with Crippen molar-refractivity contribution in [3.8, 4) is 0 Å². The van der Waals surface area contributed by atoms with Crippen molar-refractivity contribution in [3.63, 3.8) is 0 Å². The number of unbranched alkanes of at least 4 members (excludes halogenated alkanes) is 1. The molecule has 0 atom stereocenters. The number of anilines is 1. The number of hydrogen-bond donors (Lipinski definition) is 3. The zero-order chi connectivity index (χ0) is 17.5. The topological polar surface area (TPSA) is 56.9 Å². The highest BCUT2D eigenvalue weighted by atomic mass is 79.9. The lowest BCUT2D eigenvalue weighted by Crippen LogP contribution is -2.16. The Morgan fingerprint density at radius 1 is 0.960 bits per heavy atom. The summed E-state index contributed by atoms with van der Waals surface area (Å²) < 4.78 is 1.11. The molecular formula is C20H22BrN3O. The van der Waals surface area contributed by atoms with Crippen LogP contribution in [-0.4, -0.2) is 18.1 Å². The molecule has 0 aliphatic rings. The van der Waals surface area contributed by atoms with E-state index in [4.69, 9.17) is 0 Å². The number of nitrogens with one attached hydrogen (secondary N) is 3. The summed E-state index contributed by atoms with van der Waals surface area (Å²) in [6, 6.07) is 17.5. The molecule has 3 rings (SSSR count). The van der Waals surface area contributed by atoms with Crippen molar-refractivity contribution < 1.29 is 0 Å². The van der Waals surface area contributed by atoms with Crippen molar-refractivity contribution >= 4 is 32.7 Å². The number of H-pyrrole nitrogens is 1. The number of para-hydroxylation sites is 1. The van der Waals surface area contributed by atoms with Gasteiger partial charge < -0.3 is 15.6 Å². The Morgan fingerprint density at radius 2 is 1.80 bits per heavy atom. The third kappa shape index (κ3) is 5.18. The third-order valence-corrected chi connectivity index (χ3v) is 4.54. The fraction of sp³-hybridized carbons (Fsp3) is 0.250. The number of halogens is 1. The van der Waals surface area contributed by atoms with E-state index in [1.54, 1.807) is 6.07 Å². The van der Waals surface area contributed by atoms with Gasteiger partial charge in [-0.2, -0.15) is 0 Å². The summed E-state index contributed by atoms with van der Waals surface area (Å²) in [5.74, 6) is 0.783. The van der Waals surface area contributed by atoms with Crippen LogP contribution in [0.25, 0.3) is 10.9 Å². The fourth-order valence-corrected chi connectivity index (χ4v) is 3.22. The van der Waals surface area contributed by atoms with Crippen LogP contribution in [0.3, 0.4) is 0 Å². The molecule has 1 heterocycles. The molecule has 0 fully saturated rings. The molecule has 0 spiro atoms. The van der Waals surface area contributed by atoms with Crippen molar-refractivity contribution in [2.24, 2.45) is 0 Å². The van der Waals surface area contributed by atoms with Gasteiger partial charge in [0, 0.05) is 29.0 Å². The molecule has 3 aromatic rings. The van der Waals surface area contributed by atoms with Gasteiger partial charge in [-0.15, -0.1) is 0 Å². The van der Waals surface area contributed by atoms with Crippen LogP contribution >= 0.6 is 15.9 Å². The zero-order valence-corrected chi connectivity index (χ0v) is 15.6. The Morgan fingerprint density at radius 3 is 2.68 bits per heavy atom. The Labute approximate surface area is 155 Å².